The lowest BCUT2D eigenvalue weighted by atomic mass is 9.82. The average molecular weight is 389 g/mol. The van der Waals surface area contributed by atoms with Crippen molar-refractivity contribution in [2.24, 2.45) is 11.8 Å². The molecule has 0 radical (unpaired) electrons. The molecule has 0 aromatic carbocycles. The van der Waals surface area contributed by atoms with Crippen LogP contribution in [0, 0.1) is 11.8 Å². The van der Waals surface area contributed by atoms with E-state index in [4.69, 9.17) is 9.84 Å². The van der Waals surface area contributed by atoms with Crippen LogP contribution in [0.3, 0.4) is 0 Å². The Kier molecular flexibility index (Phi) is 11.6. The molecule has 1 rings (SSSR count). The van der Waals surface area contributed by atoms with Crippen molar-refractivity contribution in [1.82, 2.24) is 10.2 Å². The number of carboxylic acids is 1. The van der Waals surface area contributed by atoms with E-state index >= 15 is 0 Å². The highest BCUT2D eigenvalue weighted by Crippen LogP contribution is 2.29. The fourth-order valence-corrected chi connectivity index (χ4v) is 4.40. The summed E-state index contributed by atoms with van der Waals surface area (Å²) in [5.41, 5.74) is 0. The molecule has 26 heavy (non-hydrogen) atoms. The van der Waals surface area contributed by atoms with E-state index in [1.807, 2.05) is 7.05 Å². The zero-order valence-corrected chi connectivity index (χ0v) is 16.6. The van der Waals surface area contributed by atoms with Gasteiger partial charge in [0.1, 0.15) is 12.9 Å². The van der Waals surface area contributed by atoms with Gasteiger partial charge in [-0.1, -0.05) is 0 Å². The van der Waals surface area contributed by atoms with Crippen molar-refractivity contribution in [3.8, 4) is 0 Å². The minimum atomic E-state index is -1.01. The summed E-state index contributed by atoms with van der Waals surface area (Å²) in [5, 5.41) is 11.3. The largest absolute Gasteiger partial charge is 0.480 e. The van der Waals surface area contributed by atoms with Crippen LogP contribution in [-0.2, 0) is 19.1 Å². The van der Waals surface area contributed by atoms with Crippen molar-refractivity contribution in [3.05, 3.63) is 0 Å². The molecule has 0 spiro atoms. The third-order valence-corrected chi connectivity index (χ3v) is 5.92. The Morgan fingerprint density at radius 3 is 2.54 bits per heavy atom. The molecule has 1 unspecified atom stereocenters. The van der Waals surface area contributed by atoms with Crippen molar-refractivity contribution < 1.29 is 24.2 Å². The first kappa shape index (κ1) is 22.9. The van der Waals surface area contributed by atoms with E-state index in [1.54, 1.807) is 11.9 Å². The van der Waals surface area contributed by atoms with Gasteiger partial charge in [0, 0.05) is 25.8 Å². The summed E-state index contributed by atoms with van der Waals surface area (Å²) < 4.78 is 4.98. The molecule has 1 amide bonds. The monoisotopic (exact) mass is 388 g/mol. The predicted octanol–water partition coefficient (Wildman–Crippen LogP) is 1.26. The number of nitrogens with one attached hydrogen (secondary N) is 1. The summed E-state index contributed by atoms with van der Waals surface area (Å²) in [6, 6.07) is 0. The van der Waals surface area contributed by atoms with Gasteiger partial charge in [-0.15, -0.1) is 11.8 Å². The molecule has 0 bridgehead atoms. The molecule has 7 nitrogen and oxygen atoms in total. The third kappa shape index (κ3) is 9.00. The molecule has 1 fully saturated rings. The lowest BCUT2D eigenvalue weighted by Gasteiger charge is -2.32. The van der Waals surface area contributed by atoms with Crippen LogP contribution < -0.4 is 5.32 Å². The molecule has 1 aliphatic carbocycles. The van der Waals surface area contributed by atoms with Crippen LogP contribution in [0.15, 0.2) is 0 Å². The van der Waals surface area contributed by atoms with Crippen molar-refractivity contribution in [3.63, 3.8) is 0 Å². The SMILES string of the molecule is CNCC1CCC(CN(C)C(=O)C(CC=O)SCCOCC(=O)O)CC1. The Labute approximate surface area is 160 Å². The molecule has 1 saturated carbocycles. The molecule has 0 saturated heterocycles. The number of carbonyl (C=O) groups excluding carboxylic acids is 2. The molecule has 2 N–H and O–H groups in total. The van der Waals surface area contributed by atoms with Crippen LogP contribution in [-0.4, -0.2) is 79.6 Å². The fraction of sp³-hybridized carbons (Fsp3) is 0.833. The second-order valence-corrected chi connectivity index (χ2v) is 8.18. The molecule has 1 atom stereocenters. The first-order chi connectivity index (χ1) is 12.5. The number of amides is 1. The molecular formula is C18H32N2O5S. The van der Waals surface area contributed by atoms with Gasteiger partial charge in [-0.3, -0.25) is 4.79 Å². The maximum absolute atomic E-state index is 12.6. The zero-order chi connectivity index (χ0) is 19.4. The summed E-state index contributed by atoms with van der Waals surface area (Å²) in [6.45, 7) is 1.70. The number of thioether (sulfide) groups is 1. The predicted molar refractivity (Wildman–Crippen MR) is 102 cm³/mol. The van der Waals surface area contributed by atoms with E-state index in [9.17, 15) is 14.4 Å². The highest BCUT2D eigenvalue weighted by molar-refractivity contribution is 8.00. The van der Waals surface area contributed by atoms with Crippen LogP contribution in [0.5, 0.6) is 0 Å². The summed E-state index contributed by atoms with van der Waals surface area (Å²) in [5.74, 6) is 0.706. The topological polar surface area (TPSA) is 95.9 Å². The van der Waals surface area contributed by atoms with E-state index in [2.05, 4.69) is 5.32 Å². The summed E-state index contributed by atoms with van der Waals surface area (Å²) in [7, 11) is 3.79. The highest BCUT2D eigenvalue weighted by atomic mass is 32.2. The first-order valence-electron chi connectivity index (χ1n) is 9.22. The lowest BCUT2D eigenvalue weighted by molar-refractivity contribution is -0.142. The van der Waals surface area contributed by atoms with Crippen molar-refractivity contribution in [2.75, 3.05) is 46.2 Å². The average Bonchev–Trinajstić information content (AvgIpc) is 2.61. The minimum absolute atomic E-state index is 0.0299. The maximum Gasteiger partial charge on any atom is 0.329 e. The highest BCUT2D eigenvalue weighted by Gasteiger charge is 2.26. The molecule has 150 valence electrons. The van der Waals surface area contributed by atoms with Crippen LogP contribution in [0.25, 0.3) is 0 Å². The van der Waals surface area contributed by atoms with E-state index in [-0.39, 0.29) is 25.5 Å². The number of aldehydes is 1. The smallest absolute Gasteiger partial charge is 0.329 e. The molecule has 0 aromatic rings. The molecule has 0 aromatic heterocycles. The summed E-state index contributed by atoms with van der Waals surface area (Å²) in [4.78, 5) is 35.7. The normalized spacial score (nSPS) is 21.2. The van der Waals surface area contributed by atoms with Crippen molar-refractivity contribution in [1.29, 1.82) is 0 Å². The van der Waals surface area contributed by atoms with Crippen LogP contribution in [0.1, 0.15) is 32.1 Å². The number of carbonyl (C=O) groups is 3. The van der Waals surface area contributed by atoms with Gasteiger partial charge in [0.05, 0.1) is 11.9 Å². The van der Waals surface area contributed by atoms with E-state index in [0.717, 1.165) is 38.1 Å². The number of hydrogen-bond acceptors (Lipinski definition) is 6. The lowest BCUT2D eigenvalue weighted by Crippen LogP contribution is -2.39. The Morgan fingerprint density at radius 2 is 1.96 bits per heavy atom. The van der Waals surface area contributed by atoms with Crippen molar-refractivity contribution in [2.45, 2.75) is 37.4 Å². The molecular weight excluding hydrogens is 356 g/mol. The Morgan fingerprint density at radius 1 is 1.31 bits per heavy atom. The number of rotatable bonds is 13. The van der Waals surface area contributed by atoms with Crippen LogP contribution in [0.2, 0.25) is 0 Å². The van der Waals surface area contributed by atoms with E-state index in [1.165, 1.54) is 24.6 Å². The van der Waals surface area contributed by atoms with E-state index in [0.29, 0.717) is 11.7 Å². The van der Waals surface area contributed by atoms with E-state index < -0.39 is 11.2 Å². The van der Waals surface area contributed by atoms with Gasteiger partial charge < -0.3 is 24.9 Å². The van der Waals surface area contributed by atoms with Gasteiger partial charge in [-0.25, -0.2) is 4.79 Å². The quantitative estimate of drug-likeness (QED) is 0.362. The van der Waals surface area contributed by atoms with Crippen LogP contribution >= 0.6 is 11.8 Å². The Bertz CT molecular complexity index is 441. The summed E-state index contributed by atoms with van der Waals surface area (Å²) in [6.07, 6.45) is 5.60. The third-order valence-electron chi connectivity index (χ3n) is 4.73. The maximum atomic E-state index is 12.6. The second-order valence-electron chi connectivity index (χ2n) is 6.87. The molecule has 0 aliphatic heterocycles. The Balaban J connectivity index is 2.36. The van der Waals surface area contributed by atoms with Gasteiger partial charge in [0.15, 0.2) is 0 Å². The Hall–Kier alpha value is -1.12. The first-order valence-corrected chi connectivity index (χ1v) is 10.3. The standard InChI is InChI=1S/C18H32N2O5S/c1-19-11-14-3-5-15(6-4-14)12-20(2)18(24)16(7-8-21)26-10-9-25-13-17(22)23/h8,14-16,19H,3-7,9-13H2,1-2H3,(H,22,23). The minimum Gasteiger partial charge on any atom is -0.480 e. The van der Waals surface area contributed by atoms with Gasteiger partial charge in [0.25, 0.3) is 0 Å². The van der Waals surface area contributed by atoms with Crippen molar-refractivity contribution >= 4 is 29.9 Å². The number of ether oxygens (including phenoxy) is 1. The fourth-order valence-electron chi connectivity index (χ4n) is 3.37. The number of aliphatic carboxylic acids is 1. The molecule has 1 aliphatic rings. The van der Waals surface area contributed by atoms with Gasteiger partial charge in [-0.05, 0) is 51.1 Å². The molecule has 0 heterocycles. The second kappa shape index (κ2) is 13.1. The summed E-state index contributed by atoms with van der Waals surface area (Å²) >= 11 is 1.35. The van der Waals surface area contributed by atoms with Gasteiger partial charge in [-0.2, -0.15) is 0 Å². The number of hydrogen-bond donors (Lipinski definition) is 2. The number of nitrogens with zero attached hydrogens (tertiary/aromatic N) is 1. The number of carboxylic acid groups (broad SMARTS) is 1. The molecule has 8 heteroatoms. The van der Waals surface area contributed by atoms with Gasteiger partial charge in [0.2, 0.25) is 5.91 Å². The zero-order valence-electron chi connectivity index (χ0n) is 15.8. The van der Waals surface area contributed by atoms with Gasteiger partial charge >= 0.3 is 5.97 Å². The van der Waals surface area contributed by atoms with Crippen LogP contribution in [0.4, 0.5) is 0 Å².